The van der Waals surface area contributed by atoms with Gasteiger partial charge in [-0.05, 0) is 25.3 Å². The molecule has 1 atom stereocenters. The lowest BCUT2D eigenvalue weighted by molar-refractivity contribution is -0.134. The van der Waals surface area contributed by atoms with Crippen LogP contribution >= 0.6 is 0 Å². The largest absolute Gasteiger partial charge is 0.340 e. The lowest BCUT2D eigenvalue weighted by Crippen LogP contribution is -2.52. The number of nitrogens with one attached hydrogen (secondary N) is 3. The first kappa shape index (κ1) is 19.5. The van der Waals surface area contributed by atoms with Crippen molar-refractivity contribution in [3.05, 3.63) is 38.2 Å². The molecular weight excluding hydrogens is 366 g/mol. The number of imide groups is 1. The number of hydrogen-bond acceptors (Lipinski definition) is 6. The molecule has 10 heteroatoms. The van der Waals surface area contributed by atoms with E-state index in [1.165, 1.54) is 10.6 Å². The average molecular weight is 387 g/mol. The molecule has 10 nitrogen and oxygen atoms in total. The fourth-order valence-corrected chi connectivity index (χ4v) is 3.13. The van der Waals surface area contributed by atoms with Crippen LogP contribution in [-0.4, -0.2) is 38.3 Å². The van der Waals surface area contributed by atoms with Gasteiger partial charge in [-0.1, -0.05) is 13.8 Å². The van der Waals surface area contributed by atoms with Crippen LogP contribution in [0.2, 0.25) is 0 Å². The molecule has 2 aromatic heterocycles. The van der Waals surface area contributed by atoms with Crippen LogP contribution in [0.1, 0.15) is 55.6 Å². The Morgan fingerprint density at radius 1 is 1.32 bits per heavy atom. The number of carbonyl (C=O) groups is 3. The first-order valence-corrected chi connectivity index (χ1v) is 9.05. The number of aromatic nitrogens is 3. The molecule has 0 radical (unpaired) electrons. The Labute approximate surface area is 159 Å². The molecule has 3 heterocycles. The first-order valence-electron chi connectivity index (χ1n) is 9.05. The molecule has 148 valence electrons. The van der Waals surface area contributed by atoms with Gasteiger partial charge in [0.05, 0.1) is 10.9 Å². The van der Waals surface area contributed by atoms with Crippen LogP contribution in [0.5, 0.6) is 0 Å². The van der Waals surface area contributed by atoms with E-state index in [2.05, 4.69) is 20.6 Å². The Hall–Kier alpha value is -3.30. The third-order valence-electron chi connectivity index (χ3n) is 4.67. The van der Waals surface area contributed by atoms with Gasteiger partial charge in [0.2, 0.25) is 11.8 Å². The summed E-state index contributed by atoms with van der Waals surface area (Å²) in [4.78, 5) is 67.4. The van der Waals surface area contributed by atoms with Crippen LogP contribution in [0.25, 0.3) is 11.0 Å². The van der Waals surface area contributed by atoms with E-state index in [4.69, 9.17) is 0 Å². The summed E-state index contributed by atoms with van der Waals surface area (Å²) in [6.45, 7) is 5.73. The molecule has 1 saturated heterocycles. The molecule has 0 unspecified atom stereocenters. The van der Waals surface area contributed by atoms with Crippen LogP contribution in [-0.2, 0) is 16.1 Å². The van der Waals surface area contributed by atoms with Gasteiger partial charge in [0.15, 0.2) is 5.65 Å². The summed E-state index contributed by atoms with van der Waals surface area (Å²) in [6.07, 6.45) is 0.285. The molecule has 0 spiro atoms. The number of carbonyl (C=O) groups excluding carboxylic acids is 3. The topological polar surface area (TPSA) is 143 Å². The number of rotatable bonds is 4. The molecule has 0 aliphatic carbocycles. The maximum absolute atomic E-state index is 12.9. The van der Waals surface area contributed by atoms with Crippen LogP contribution in [0.15, 0.2) is 15.7 Å². The van der Waals surface area contributed by atoms with Gasteiger partial charge in [-0.25, -0.2) is 9.78 Å². The fourth-order valence-electron chi connectivity index (χ4n) is 3.13. The number of aromatic amines is 1. The highest BCUT2D eigenvalue weighted by Gasteiger charge is 2.29. The fraction of sp³-hybridized carbons (Fsp3) is 0.444. The second kappa shape index (κ2) is 7.37. The summed E-state index contributed by atoms with van der Waals surface area (Å²) in [7, 11) is 0. The summed E-state index contributed by atoms with van der Waals surface area (Å²) >= 11 is 0. The Morgan fingerprint density at radius 2 is 2.04 bits per heavy atom. The minimum atomic E-state index is -0.882. The molecule has 3 rings (SSSR count). The number of nitrogens with zero attached hydrogens (tertiary/aromatic N) is 2. The normalized spacial score (nSPS) is 17.1. The van der Waals surface area contributed by atoms with Crippen LogP contribution < -0.4 is 21.9 Å². The van der Waals surface area contributed by atoms with Crippen molar-refractivity contribution in [2.24, 2.45) is 0 Å². The Morgan fingerprint density at radius 3 is 2.64 bits per heavy atom. The van der Waals surface area contributed by atoms with E-state index < -0.39 is 35.0 Å². The minimum Gasteiger partial charge on any atom is -0.340 e. The average Bonchev–Trinajstić information content (AvgIpc) is 2.63. The molecule has 0 saturated carbocycles. The molecule has 0 bridgehead atoms. The molecule has 1 aliphatic rings. The second-order valence-corrected chi connectivity index (χ2v) is 6.93. The van der Waals surface area contributed by atoms with Crippen molar-refractivity contribution in [2.75, 3.05) is 0 Å². The third-order valence-corrected chi connectivity index (χ3v) is 4.67. The maximum Gasteiger partial charge on any atom is 0.329 e. The van der Waals surface area contributed by atoms with Gasteiger partial charge in [0, 0.05) is 18.7 Å². The number of piperidine rings is 1. The summed E-state index contributed by atoms with van der Waals surface area (Å²) in [5.41, 5.74) is -0.642. The van der Waals surface area contributed by atoms with E-state index in [0.717, 1.165) is 0 Å². The van der Waals surface area contributed by atoms with E-state index in [0.29, 0.717) is 5.69 Å². The van der Waals surface area contributed by atoms with Gasteiger partial charge in [-0.15, -0.1) is 0 Å². The highest BCUT2D eigenvalue weighted by Crippen LogP contribution is 2.20. The number of hydrogen-bond donors (Lipinski definition) is 3. The number of fused-ring (bicyclic) bond motifs is 1. The van der Waals surface area contributed by atoms with Gasteiger partial charge < -0.3 is 5.32 Å². The van der Waals surface area contributed by atoms with Crippen LogP contribution in [0.3, 0.4) is 0 Å². The Kier molecular flexibility index (Phi) is 5.12. The zero-order valence-electron chi connectivity index (χ0n) is 15.8. The number of H-pyrrole nitrogens is 1. The minimum absolute atomic E-state index is 0.0179. The first-order chi connectivity index (χ1) is 13.2. The van der Waals surface area contributed by atoms with Crippen molar-refractivity contribution < 1.29 is 14.4 Å². The van der Waals surface area contributed by atoms with Crippen LogP contribution in [0.4, 0.5) is 0 Å². The number of pyridine rings is 1. The molecule has 3 amide bonds. The molecule has 1 fully saturated rings. The third kappa shape index (κ3) is 3.45. The molecular formula is C18H21N5O5. The second-order valence-electron chi connectivity index (χ2n) is 6.93. The highest BCUT2D eigenvalue weighted by atomic mass is 16.2. The zero-order chi connectivity index (χ0) is 20.6. The van der Waals surface area contributed by atoms with Gasteiger partial charge in [0.1, 0.15) is 6.04 Å². The molecule has 3 N–H and O–H groups in total. The van der Waals surface area contributed by atoms with Crippen molar-refractivity contribution in [1.82, 2.24) is 25.2 Å². The maximum atomic E-state index is 12.9. The Bertz CT molecular complexity index is 1100. The molecule has 1 aliphatic heterocycles. The quantitative estimate of drug-likeness (QED) is 0.618. The lowest BCUT2D eigenvalue weighted by atomic mass is 10.0. The summed E-state index contributed by atoms with van der Waals surface area (Å²) in [5.74, 6) is -1.69. The monoisotopic (exact) mass is 387 g/mol. The predicted octanol–water partition coefficient (Wildman–Crippen LogP) is -0.237. The smallest absolute Gasteiger partial charge is 0.329 e. The van der Waals surface area contributed by atoms with Crippen LogP contribution in [0, 0.1) is 0 Å². The van der Waals surface area contributed by atoms with Gasteiger partial charge >= 0.3 is 5.69 Å². The summed E-state index contributed by atoms with van der Waals surface area (Å²) in [5, 5.41) is 4.73. The standard InChI is InChI=1S/C18H21N5O5/c1-4-23-14-13(17(27)22-18(23)28)9(7-11(19-14)8(2)3)15(25)20-10-5-6-12(24)21-16(10)26/h7-8,10H,4-6H2,1-3H3,(H,20,25)(H,21,24,26)(H,22,27,28)/t10-/m1/s1. The molecule has 0 aromatic carbocycles. The van der Waals surface area contributed by atoms with Crippen molar-refractivity contribution in [3.63, 3.8) is 0 Å². The summed E-state index contributed by atoms with van der Waals surface area (Å²) < 4.78 is 1.28. The molecule has 2 aromatic rings. The Balaban J connectivity index is 2.15. The van der Waals surface area contributed by atoms with E-state index in [1.807, 2.05) is 13.8 Å². The van der Waals surface area contributed by atoms with E-state index in [-0.39, 0.29) is 41.9 Å². The van der Waals surface area contributed by atoms with E-state index >= 15 is 0 Å². The van der Waals surface area contributed by atoms with Gasteiger partial charge in [0.25, 0.3) is 11.5 Å². The number of aryl methyl sites for hydroxylation is 1. The van der Waals surface area contributed by atoms with E-state index in [9.17, 15) is 24.0 Å². The van der Waals surface area contributed by atoms with Crippen molar-refractivity contribution in [1.29, 1.82) is 0 Å². The summed E-state index contributed by atoms with van der Waals surface area (Å²) in [6, 6.07) is 0.612. The van der Waals surface area contributed by atoms with E-state index in [1.54, 1.807) is 6.92 Å². The highest BCUT2D eigenvalue weighted by molar-refractivity contribution is 6.08. The van der Waals surface area contributed by atoms with Gasteiger partial charge in [-0.2, -0.15) is 0 Å². The van der Waals surface area contributed by atoms with Crippen molar-refractivity contribution >= 4 is 28.8 Å². The zero-order valence-corrected chi connectivity index (χ0v) is 15.8. The number of amides is 3. The molecule has 28 heavy (non-hydrogen) atoms. The van der Waals surface area contributed by atoms with Crippen molar-refractivity contribution in [3.8, 4) is 0 Å². The lowest BCUT2D eigenvalue weighted by Gasteiger charge is -2.22. The predicted molar refractivity (Wildman–Crippen MR) is 100 cm³/mol. The van der Waals surface area contributed by atoms with Gasteiger partial charge in [-0.3, -0.25) is 34.0 Å². The SMILES string of the molecule is CCn1c(=O)[nH]c(=O)c2c(C(=O)N[C@@H]3CCC(=O)NC3=O)cc(C(C)C)nc21. The van der Waals surface area contributed by atoms with Crippen molar-refractivity contribution in [2.45, 2.75) is 52.1 Å².